The highest BCUT2D eigenvalue weighted by atomic mass is 16.5. The van der Waals surface area contributed by atoms with Crippen molar-refractivity contribution in [1.29, 1.82) is 0 Å². The number of carbonyl (C=O) groups excluding carboxylic acids is 1. The van der Waals surface area contributed by atoms with Gasteiger partial charge in [0.05, 0.1) is 5.92 Å². The van der Waals surface area contributed by atoms with Crippen molar-refractivity contribution in [2.24, 2.45) is 5.92 Å². The van der Waals surface area contributed by atoms with E-state index in [0.717, 1.165) is 49.0 Å². The maximum absolute atomic E-state index is 12.0. The molecule has 1 heterocycles. The normalized spacial score (nSPS) is 23.7. The number of nitrogens with one attached hydrogen (secondary N) is 1. The summed E-state index contributed by atoms with van der Waals surface area (Å²) in [5, 5.41) is 12.6. The summed E-state index contributed by atoms with van der Waals surface area (Å²) in [5.41, 5.74) is 3.11. The van der Waals surface area contributed by atoms with Crippen LogP contribution in [0, 0.1) is 5.92 Å². The lowest BCUT2D eigenvalue weighted by molar-refractivity contribution is -0.142. The minimum atomic E-state index is -0.676. The number of anilines is 2. The Morgan fingerprint density at radius 3 is 2.71 bits per heavy atom. The van der Waals surface area contributed by atoms with Gasteiger partial charge >= 0.3 is 5.97 Å². The molecular formula is C18H24N2O4. The number of methoxy groups -OCH3 is 1. The van der Waals surface area contributed by atoms with Crippen molar-refractivity contribution >= 4 is 23.3 Å². The molecule has 1 fully saturated rings. The number of carboxylic acids is 1. The molecule has 24 heavy (non-hydrogen) atoms. The Balaban J connectivity index is 1.66. The van der Waals surface area contributed by atoms with Gasteiger partial charge in [0.15, 0.2) is 0 Å². The van der Waals surface area contributed by atoms with Crippen LogP contribution in [0.15, 0.2) is 18.2 Å². The van der Waals surface area contributed by atoms with Crippen LogP contribution in [0.1, 0.15) is 37.7 Å². The fourth-order valence-corrected chi connectivity index (χ4v) is 3.64. The van der Waals surface area contributed by atoms with Crippen molar-refractivity contribution in [3.8, 4) is 0 Å². The van der Waals surface area contributed by atoms with Gasteiger partial charge in [-0.3, -0.25) is 14.5 Å². The van der Waals surface area contributed by atoms with E-state index in [0.29, 0.717) is 12.5 Å². The number of hydrogen-bond donors (Lipinski definition) is 2. The fourth-order valence-electron chi connectivity index (χ4n) is 3.64. The molecule has 0 saturated heterocycles. The van der Waals surface area contributed by atoms with E-state index in [1.54, 1.807) is 12.0 Å². The monoisotopic (exact) mass is 332 g/mol. The Kier molecular flexibility index (Phi) is 5.04. The lowest BCUT2D eigenvalue weighted by Gasteiger charge is -2.30. The van der Waals surface area contributed by atoms with Gasteiger partial charge in [-0.1, -0.05) is 0 Å². The number of benzene rings is 1. The number of amides is 1. The topological polar surface area (TPSA) is 78.9 Å². The highest BCUT2D eigenvalue weighted by molar-refractivity contribution is 5.96. The molecule has 1 aromatic carbocycles. The van der Waals surface area contributed by atoms with Gasteiger partial charge in [-0.05, 0) is 55.9 Å². The second-order valence-electron chi connectivity index (χ2n) is 6.61. The van der Waals surface area contributed by atoms with Gasteiger partial charge in [-0.15, -0.1) is 0 Å². The average Bonchev–Trinajstić information content (AvgIpc) is 2.58. The predicted molar refractivity (Wildman–Crippen MR) is 91.1 cm³/mol. The molecule has 0 bridgehead atoms. The molecule has 1 aromatic rings. The molecule has 1 aliphatic carbocycles. The third-order valence-corrected chi connectivity index (χ3v) is 4.98. The maximum Gasteiger partial charge on any atom is 0.306 e. The third-order valence-electron chi connectivity index (χ3n) is 4.98. The standard InChI is InChI=1S/C18H24N2O4/c1-24-11-20-16-8-7-15(10-13(16)4-9-17(20)21)19-14-5-2-12(3-6-14)18(22)23/h7-8,10,12,14,19H,2-6,9,11H2,1H3,(H,22,23). The first kappa shape index (κ1) is 16.8. The number of nitrogens with zero attached hydrogens (tertiary/aromatic N) is 1. The predicted octanol–water partition coefficient (Wildman–Crippen LogP) is 2.63. The zero-order valence-corrected chi connectivity index (χ0v) is 14.0. The van der Waals surface area contributed by atoms with E-state index in [9.17, 15) is 9.59 Å². The Hall–Kier alpha value is -2.08. The van der Waals surface area contributed by atoms with Gasteiger partial charge in [0.25, 0.3) is 0 Å². The van der Waals surface area contributed by atoms with Crippen LogP contribution in [0.2, 0.25) is 0 Å². The summed E-state index contributed by atoms with van der Waals surface area (Å²) in [6, 6.07) is 6.38. The van der Waals surface area contributed by atoms with Crippen LogP contribution in [0.25, 0.3) is 0 Å². The quantitative estimate of drug-likeness (QED) is 0.866. The van der Waals surface area contributed by atoms with Crippen LogP contribution in [0.5, 0.6) is 0 Å². The van der Waals surface area contributed by atoms with Crippen LogP contribution in [-0.2, 0) is 20.7 Å². The molecule has 3 rings (SSSR count). The van der Waals surface area contributed by atoms with Crippen molar-refractivity contribution in [1.82, 2.24) is 0 Å². The Morgan fingerprint density at radius 1 is 1.29 bits per heavy atom. The van der Waals surface area contributed by atoms with Gasteiger partial charge in [-0.2, -0.15) is 0 Å². The Morgan fingerprint density at radius 2 is 2.04 bits per heavy atom. The number of aryl methyl sites for hydroxylation is 1. The lowest BCUT2D eigenvalue weighted by atomic mass is 9.86. The number of carbonyl (C=O) groups is 2. The van der Waals surface area contributed by atoms with E-state index in [1.807, 2.05) is 12.1 Å². The number of fused-ring (bicyclic) bond motifs is 1. The molecule has 0 spiro atoms. The summed E-state index contributed by atoms with van der Waals surface area (Å²) in [5.74, 6) is -0.776. The van der Waals surface area contributed by atoms with Crippen molar-refractivity contribution in [3.05, 3.63) is 23.8 Å². The third kappa shape index (κ3) is 3.53. The Bertz CT molecular complexity index is 623. The number of ether oxygens (including phenoxy) is 1. The van der Waals surface area contributed by atoms with Gasteiger partial charge in [0, 0.05) is 30.9 Å². The van der Waals surface area contributed by atoms with E-state index in [1.165, 1.54) is 0 Å². The first-order chi connectivity index (χ1) is 11.6. The first-order valence-corrected chi connectivity index (χ1v) is 8.50. The van der Waals surface area contributed by atoms with Crippen LogP contribution >= 0.6 is 0 Å². The highest BCUT2D eigenvalue weighted by Gasteiger charge is 2.27. The minimum absolute atomic E-state index is 0.0945. The van der Waals surface area contributed by atoms with Gasteiger partial charge in [0.2, 0.25) is 5.91 Å². The molecule has 0 unspecified atom stereocenters. The molecule has 0 aromatic heterocycles. The Labute approximate surface area is 141 Å². The van der Waals surface area contributed by atoms with Crippen LogP contribution in [0.4, 0.5) is 11.4 Å². The fraction of sp³-hybridized carbons (Fsp3) is 0.556. The van der Waals surface area contributed by atoms with E-state index in [-0.39, 0.29) is 18.6 Å². The van der Waals surface area contributed by atoms with Gasteiger partial charge < -0.3 is 15.2 Å². The van der Waals surface area contributed by atoms with Crippen molar-refractivity contribution in [3.63, 3.8) is 0 Å². The second-order valence-corrected chi connectivity index (χ2v) is 6.61. The summed E-state index contributed by atoms with van der Waals surface area (Å²) < 4.78 is 5.13. The molecule has 1 amide bonds. The molecule has 2 aliphatic rings. The smallest absolute Gasteiger partial charge is 0.306 e. The largest absolute Gasteiger partial charge is 0.481 e. The van der Waals surface area contributed by atoms with Crippen LogP contribution in [-0.4, -0.2) is 36.9 Å². The molecular weight excluding hydrogens is 308 g/mol. The van der Waals surface area contributed by atoms with Crippen LogP contribution < -0.4 is 10.2 Å². The van der Waals surface area contributed by atoms with Gasteiger partial charge in [-0.25, -0.2) is 0 Å². The van der Waals surface area contributed by atoms with E-state index in [2.05, 4.69) is 11.4 Å². The van der Waals surface area contributed by atoms with E-state index < -0.39 is 5.97 Å². The number of aliphatic carboxylic acids is 1. The van der Waals surface area contributed by atoms with Crippen molar-refractivity contribution in [2.45, 2.75) is 44.6 Å². The number of rotatable bonds is 5. The zero-order chi connectivity index (χ0) is 17.1. The van der Waals surface area contributed by atoms with E-state index in [4.69, 9.17) is 9.84 Å². The second kappa shape index (κ2) is 7.21. The first-order valence-electron chi connectivity index (χ1n) is 8.50. The summed E-state index contributed by atoms with van der Waals surface area (Å²) >= 11 is 0. The maximum atomic E-state index is 12.0. The van der Waals surface area contributed by atoms with Crippen molar-refractivity contribution < 1.29 is 19.4 Å². The molecule has 0 radical (unpaired) electrons. The van der Waals surface area contributed by atoms with E-state index >= 15 is 0 Å². The molecule has 6 heteroatoms. The van der Waals surface area contributed by atoms with Crippen LogP contribution in [0.3, 0.4) is 0 Å². The SMILES string of the molecule is COCN1C(=O)CCc2cc(NC3CCC(C(=O)O)CC3)ccc21. The molecule has 1 saturated carbocycles. The minimum Gasteiger partial charge on any atom is -0.481 e. The number of hydrogen-bond acceptors (Lipinski definition) is 4. The average molecular weight is 332 g/mol. The lowest BCUT2D eigenvalue weighted by Crippen LogP contribution is -2.36. The molecule has 2 N–H and O–H groups in total. The molecule has 0 atom stereocenters. The highest BCUT2D eigenvalue weighted by Crippen LogP contribution is 2.32. The summed E-state index contributed by atoms with van der Waals surface area (Å²) in [4.78, 5) is 24.7. The van der Waals surface area contributed by atoms with Crippen molar-refractivity contribution in [2.75, 3.05) is 24.1 Å². The van der Waals surface area contributed by atoms with Gasteiger partial charge in [0.1, 0.15) is 6.73 Å². The summed E-state index contributed by atoms with van der Waals surface area (Å²) in [6.07, 6.45) is 4.46. The molecule has 1 aliphatic heterocycles. The summed E-state index contributed by atoms with van der Waals surface area (Å²) in [7, 11) is 1.59. The number of carboxylic acid groups (broad SMARTS) is 1. The molecule has 130 valence electrons. The molecule has 6 nitrogen and oxygen atoms in total. The zero-order valence-electron chi connectivity index (χ0n) is 14.0. The summed E-state index contributed by atoms with van der Waals surface area (Å²) in [6.45, 7) is 0.276.